The van der Waals surface area contributed by atoms with Gasteiger partial charge in [0.25, 0.3) is 0 Å². The standard InChI is InChI=1S/C24H33N3/c1-2-3-4-5-6-7-8-9-10-11-12-13-21-14-16-23(17-15-21)24-26-19-22(18-25)20-27-24/h14-17,19-20H,2-13H2,1H3. The van der Waals surface area contributed by atoms with Crippen LogP contribution in [0.2, 0.25) is 0 Å². The molecule has 1 aromatic carbocycles. The van der Waals surface area contributed by atoms with Crippen molar-refractivity contribution in [1.29, 1.82) is 5.26 Å². The van der Waals surface area contributed by atoms with E-state index in [0.29, 0.717) is 11.4 Å². The minimum absolute atomic E-state index is 0.492. The van der Waals surface area contributed by atoms with Gasteiger partial charge < -0.3 is 0 Å². The van der Waals surface area contributed by atoms with Gasteiger partial charge in [0, 0.05) is 18.0 Å². The van der Waals surface area contributed by atoms with E-state index in [2.05, 4.69) is 41.2 Å². The summed E-state index contributed by atoms with van der Waals surface area (Å²) in [5.74, 6) is 0.676. The predicted octanol–water partition coefficient (Wildman–Crippen LogP) is 6.87. The van der Waals surface area contributed by atoms with E-state index in [1.54, 1.807) is 12.4 Å². The summed E-state index contributed by atoms with van der Waals surface area (Å²) in [4.78, 5) is 8.49. The van der Waals surface area contributed by atoms with E-state index in [9.17, 15) is 0 Å². The van der Waals surface area contributed by atoms with Gasteiger partial charge in [-0.25, -0.2) is 9.97 Å². The summed E-state index contributed by atoms with van der Waals surface area (Å²) in [5.41, 5.74) is 2.87. The van der Waals surface area contributed by atoms with E-state index in [0.717, 1.165) is 12.0 Å². The van der Waals surface area contributed by atoms with E-state index in [1.165, 1.54) is 76.2 Å². The Morgan fingerprint density at radius 1 is 0.741 bits per heavy atom. The topological polar surface area (TPSA) is 49.6 Å². The first-order chi connectivity index (χ1) is 13.3. The van der Waals surface area contributed by atoms with Crippen LogP contribution in [-0.2, 0) is 6.42 Å². The predicted molar refractivity (Wildman–Crippen MR) is 112 cm³/mol. The molecule has 0 aliphatic carbocycles. The Morgan fingerprint density at radius 2 is 1.26 bits per heavy atom. The Bertz CT molecular complexity index is 668. The van der Waals surface area contributed by atoms with Crippen molar-refractivity contribution in [2.75, 3.05) is 0 Å². The second kappa shape index (κ2) is 13.0. The normalized spacial score (nSPS) is 10.7. The molecule has 0 amide bonds. The van der Waals surface area contributed by atoms with Crippen LogP contribution < -0.4 is 0 Å². The van der Waals surface area contributed by atoms with Crippen LogP contribution in [0.5, 0.6) is 0 Å². The second-order valence-electron chi connectivity index (χ2n) is 7.39. The molecule has 0 bridgehead atoms. The molecule has 0 unspecified atom stereocenters. The molecule has 0 radical (unpaired) electrons. The molecule has 0 atom stereocenters. The van der Waals surface area contributed by atoms with Crippen molar-refractivity contribution in [3.63, 3.8) is 0 Å². The average molecular weight is 364 g/mol. The van der Waals surface area contributed by atoms with Crippen LogP contribution in [0.3, 0.4) is 0 Å². The third-order valence-corrected chi connectivity index (χ3v) is 5.06. The van der Waals surface area contributed by atoms with E-state index >= 15 is 0 Å². The SMILES string of the molecule is CCCCCCCCCCCCCc1ccc(-c2ncc(C#N)cn2)cc1. The van der Waals surface area contributed by atoms with E-state index in [1.807, 2.05) is 6.07 Å². The molecular weight excluding hydrogens is 330 g/mol. The van der Waals surface area contributed by atoms with Gasteiger partial charge in [-0.3, -0.25) is 0 Å². The van der Waals surface area contributed by atoms with Crippen molar-refractivity contribution >= 4 is 0 Å². The number of unbranched alkanes of at least 4 members (excludes halogenated alkanes) is 10. The molecule has 144 valence electrons. The summed E-state index contributed by atoms with van der Waals surface area (Å²) in [5, 5.41) is 8.81. The number of nitrogens with zero attached hydrogens (tertiary/aromatic N) is 3. The van der Waals surface area contributed by atoms with Crippen molar-refractivity contribution in [3.8, 4) is 17.5 Å². The summed E-state index contributed by atoms with van der Waals surface area (Å²) in [7, 11) is 0. The molecule has 0 saturated carbocycles. The Morgan fingerprint density at radius 3 is 1.78 bits per heavy atom. The van der Waals surface area contributed by atoms with Gasteiger partial charge in [-0.15, -0.1) is 0 Å². The van der Waals surface area contributed by atoms with Gasteiger partial charge in [-0.05, 0) is 18.4 Å². The molecule has 2 aromatic rings. The first kappa shape index (κ1) is 21.1. The maximum absolute atomic E-state index is 8.81. The molecular formula is C24H33N3. The zero-order valence-electron chi connectivity index (χ0n) is 16.8. The number of rotatable bonds is 13. The Hall–Kier alpha value is -2.21. The van der Waals surface area contributed by atoms with Crippen molar-refractivity contribution in [2.45, 2.75) is 84.0 Å². The second-order valence-corrected chi connectivity index (χ2v) is 7.39. The Kier molecular flexibility index (Phi) is 10.2. The quantitative estimate of drug-likeness (QED) is 0.365. The highest BCUT2D eigenvalue weighted by Gasteiger charge is 2.02. The Labute approximate surface area is 164 Å². The molecule has 2 rings (SSSR count). The fourth-order valence-electron chi connectivity index (χ4n) is 3.35. The van der Waals surface area contributed by atoms with Gasteiger partial charge in [-0.2, -0.15) is 5.26 Å². The molecule has 1 aromatic heterocycles. The minimum Gasteiger partial charge on any atom is -0.235 e. The summed E-state index contributed by atoms with van der Waals surface area (Å²) >= 11 is 0. The van der Waals surface area contributed by atoms with Crippen LogP contribution in [0.1, 0.15) is 88.7 Å². The van der Waals surface area contributed by atoms with Gasteiger partial charge in [0.2, 0.25) is 0 Å². The third kappa shape index (κ3) is 8.35. The maximum Gasteiger partial charge on any atom is 0.159 e. The summed E-state index contributed by atoms with van der Waals surface area (Å²) < 4.78 is 0. The van der Waals surface area contributed by atoms with Gasteiger partial charge >= 0.3 is 0 Å². The zero-order valence-corrected chi connectivity index (χ0v) is 16.8. The summed E-state index contributed by atoms with van der Waals surface area (Å²) in [6, 6.07) is 10.5. The lowest BCUT2D eigenvalue weighted by Gasteiger charge is -2.05. The lowest BCUT2D eigenvalue weighted by molar-refractivity contribution is 0.549. The highest BCUT2D eigenvalue weighted by Crippen LogP contribution is 2.17. The number of benzene rings is 1. The first-order valence-corrected chi connectivity index (χ1v) is 10.6. The molecule has 0 fully saturated rings. The molecule has 0 aliphatic rings. The Balaban J connectivity index is 1.57. The molecule has 3 heteroatoms. The number of aromatic nitrogens is 2. The fraction of sp³-hybridized carbons (Fsp3) is 0.542. The molecule has 0 saturated heterocycles. The monoisotopic (exact) mass is 363 g/mol. The summed E-state index contributed by atoms with van der Waals surface area (Å²) in [6.07, 6.45) is 19.5. The molecule has 0 aliphatic heterocycles. The number of hydrogen-bond donors (Lipinski definition) is 0. The van der Waals surface area contributed by atoms with E-state index in [4.69, 9.17) is 5.26 Å². The van der Waals surface area contributed by atoms with Gasteiger partial charge in [0.1, 0.15) is 6.07 Å². The molecule has 3 nitrogen and oxygen atoms in total. The van der Waals surface area contributed by atoms with Crippen LogP contribution >= 0.6 is 0 Å². The van der Waals surface area contributed by atoms with Crippen LogP contribution in [-0.4, -0.2) is 9.97 Å². The van der Waals surface area contributed by atoms with Crippen molar-refractivity contribution in [1.82, 2.24) is 9.97 Å². The van der Waals surface area contributed by atoms with E-state index in [-0.39, 0.29) is 0 Å². The van der Waals surface area contributed by atoms with Crippen molar-refractivity contribution < 1.29 is 0 Å². The average Bonchev–Trinajstić information content (AvgIpc) is 2.72. The first-order valence-electron chi connectivity index (χ1n) is 10.6. The fourth-order valence-corrected chi connectivity index (χ4v) is 3.35. The van der Waals surface area contributed by atoms with Crippen LogP contribution in [0.4, 0.5) is 0 Å². The number of hydrogen-bond acceptors (Lipinski definition) is 3. The molecule has 0 N–H and O–H groups in total. The van der Waals surface area contributed by atoms with Gasteiger partial charge in [0.05, 0.1) is 5.56 Å². The maximum atomic E-state index is 8.81. The van der Waals surface area contributed by atoms with Crippen molar-refractivity contribution in [3.05, 3.63) is 47.8 Å². The third-order valence-electron chi connectivity index (χ3n) is 5.06. The van der Waals surface area contributed by atoms with E-state index < -0.39 is 0 Å². The number of aryl methyl sites for hydroxylation is 1. The van der Waals surface area contributed by atoms with Crippen molar-refractivity contribution in [2.24, 2.45) is 0 Å². The molecule has 0 spiro atoms. The molecule has 27 heavy (non-hydrogen) atoms. The highest BCUT2D eigenvalue weighted by molar-refractivity contribution is 5.55. The van der Waals surface area contributed by atoms with Crippen LogP contribution in [0, 0.1) is 11.3 Å². The number of nitriles is 1. The van der Waals surface area contributed by atoms with Crippen LogP contribution in [0.15, 0.2) is 36.7 Å². The highest BCUT2D eigenvalue weighted by atomic mass is 14.9. The zero-order chi connectivity index (χ0) is 19.2. The van der Waals surface area contributed by atoms with Gasteiger partial charge in [0.15, 0.2) is 5.82 Å². The minimum atomic E-state index is 0.492. The van der Waals surface area contributed by atoms with Crippen LogP contribution in [0.25, 0.3) is 11.4 Å². The lowest BCUT2D eigenvalue weighted by Crippen LogP contribution is -1.91. The van der Waals surface area contributed by atoms with Gasteiger partial charge in [-0.1, -0.05) is 95.4 Å². The lowest BCUT2D eigenvalue weighted by atomic mass is 10.0. The molecule has 1 heterocycles. The largest absolute Gasteiger partial charge is 0.235 e. The smallest absolute Gasteiger partial charge is 0.159 e. The summed E-state index contributed by atoms with van der Waals surface area (Å²) in [6.45, 7) is 2.28.